The summed E-state index contributed by atoms with van der Waals surface area (Å²) in [5.41, 5.74) is 1.26. The Hall–Kier alpha value is -1.07. The molecule has 0 saturated heterocycles. The van der Waals surface area contributed by atoms with Gasteiger partial charge in [0.2, 0.25) is 0 Å². The van der Waals surface area contributed by atoms with Crippen molar-refractivity contribution in [2.75, 3.05) is 14.1 Å². The molecule has 0 bridgehead atoms. The van der Waals surface area contributed by atoms with Crippen molar-refractivity contribution < 1.29 is 39.6 Å². The Bertz CT molecular complexity index is 291. The molecule has 84 valence electrons. The van der Waals surface area contributed by atoms with E-state index in [0.717, 1.165) is 0 Å². The van der Waals surface area contributed by atoms with Crippen LogP contribution in [-0.2, 0) is 35.0 Å². The SMILES string of the molecule is C[N+](C)=C[c-]1cccc1.[C-]#[O+].[C-]#[O+].[C-]#[O+].[Mo]. The Morgan fingerprint density at radius 3 is 1.50 bits per heavy atom. The van der Waals surface area contributed by atoms with E-state index in [-0.39, 0.29) is 21.1 Å². The van der Waals surface area contributed by atoms with Crippen LogP contribution >= 0.6 is 0 Å². The van der Waals surface area contributed by atoms with Crippen LogP contribution < -0.4 is 0 Å². The molecule has 16 heavy (non-hydrogen) atoms. The van der Waals surface area contributed by atoms with E-state index in [1.54, 1.807) is 0 Å². The molecule has 0 aliphatic rings. The zero-order valence-corrected chi connectivity index (χ0v) is 11.0. The van der Waals surface area contributed by atoms with Gasteiger partial charge in [-0.05, 0) is 0 Å². The summed E-state index contributed by atoms with van der Waals surface area (Å²) in [6.45, 7) is 13.5. The Balaban J connectivity index is -0.0000000900. The Morgan fingerprint density at radius 1 is 0.938 bits per heavy atom. The van der Waals surface area contributed by atoms with Crippen molar-refractivity contribution in [3.05, 3.63) is 49.8 Å². The number of nitrogens with zero attached hydrogens (tertiary/aromatic N) is 1. The Labute approximate surface area is 110 Å². The molecule has 0 N–H and O–H groups in total. The standard InChI is InChI=1S/C8H11N.3CO.Mo/c1-9(2)7-8-5-3-4-6-8;3*1-2;/h3-7H,1-2H3;;;;. The van der Waals surface area contributed by atoms with E-state index in [0.29, 0.717) is 0 Å². The van der Waals surface area contributed by atoms with Crippen molar-refractivity contribution in [3.63, 3.8) is 0 Å². The van der Waals surface area contributed by atoms with Gasteiger partial charge in [-0.3, -0.25) is 4.58 Å². The van der Waals surface area contributed by atoms with Crippen molar-refractivity contribution in [3.8, 4) is 0 Å². The van der Waals surface area contributed by atoms with Crippen molar-refractivity contribution in [1.29, 1.82) is 0 Å². The first-order valence-corrected chi connectivity index (χ1v) is 3.63. The van der Waals surface area contributed by atoms with Crippen LogP contribution in [0, 0.1) is 20.0 Å². The summed E-state index contributed by atoms with van der Waals surface area (Å²) in [7, 11) is 4.04. The molecule has 0 heterocycles. The topological polar surface area (TPSA) is 62.7 Å². The number of hydrogen-bond acceptors (Lipinski definition) is 0. The molecule has 0 aromatic heterocycles. The molecule has 0 fully saturated rings. The van der Waals surface area contributed by atoms with Crippen LogP contribution in [0.3, 0.4) is 0 Å². The van der Waals surface area contributed by atoms with E-state index < -0.39 is 0 Å². The zero-order valence-electron chi connectivity index (χ0n) is 8.97. The van der Waals surface area contributed by atoms with E-state index >= 15 is 0 Å². The molecular weight excluding hydrogens is 290 g/mol. The summed E-state index contributed by atoms with van der Waals surface area (Å²) in [5.74, 6) is 0. The van der Waals surface area contributed by atoms with E-state index in [9.17, 15) is 0 Å². The van der Waals surface area contributed by atoms with Crippen LogP contribution in [0.25, 0.3) is 0 Å². The van der Waals surface area contributed by atoms with Crippen LogP contribution in [0.1, 0.15) is 5.56 Å². The van der Waals surface area contributed by atoms with Gasteiger partial charge in [0.1, 0.15) is 20.3 Å². The van der Waals surface area contributed by atoms with Crippen LogP contribution in [-0.4, -0.2) is 24.9 Å². The third kappa shape index (κ3) is 18.7. The summed E-state index contributed by atoms with van der Waals surface area (Å²) in [6, 6.07) is 8.24. The van der Waals surface area contributed by atoms with Gasteiger partial charge in [-0.2, -0.15) is 12.1 Å². The largest absolute Gasteiger partial charge is 0 e. The summed E-state index contributed by atoms with van der Waals surface area (Å²) >= 11 is 0. The molecule has 0 aliphatic carbocycles. The molecular formula is C11H11MoNO3. The predicted octanol–water partition coefficient (Wildman–Crippen LogP) is 0.981. The third-order valence-electron chi connectivity index (χ3n) is 1.10. The van der Waals surface area contributed by atoms with Gasteiger partial charge in [-0.15, -0.1) is 0 Å². The average Bonchev–Trinajstić information content (AvgIpc) is 2.78. The van der Waals surface area contributed by atoms with Gasteiger partial charge in [-0.25, -0.2) is 12.1 Å². The van der Waals surface area contributed by atoms with Gasteiger partial charge in [0.25, 0.3) is 0 Å². The van der Waals surface area contributed by atoms with Crippen molar-refractivity contribution in [2.45, 2.75) is 0 Å². The van der Waals surface area contributed by atoms with Crippen molar-refractivity contribution in [1.82, 2.24) is 0 Å². The summed E-state index contributed by atoms with van der Waals surface area (Å²) < 4.78 is 24.5. The average molecular weight is 301 g/mol. The molecule has 0 aliphatic heterocycles. The maximum absolute atomic E-state index is 7.50. The molecule has 1 aromatic rings. The molecule has 0 unspecified atom stereocenters. The zero-order chi connectivity index (χ0) is 12.7. The fourth-order valence-electron chi connectivity index (χ4n) is 0.773. The van der Waals surface area contributed by atoms with Crippen LogP contribution in [0.4, 0.5) is 0 Å². The molecule has 0 amide bonds. The van der Waals surface area contributed by atoms with Gasteiger partial charge in [0, 0.05) is 21.1 Å². The van der Waals surface area contributed by atoms with E-state index in [1.165, 1.54) is 5.56 Å². The molecule has 1 aromatic carbocycles. The number of rotatable bonds is 1. The number of hydrogen-bond donors (Lipinski definition) is 0. The molecule has 5 heteroatoms. The smallest absolute Gasteiger partial charge is 0 e. The molecule has 1 rings (SSSR count). The Kier molecular flexibility index (Phi) is 35.8. The molecule has 0 atom stereocenters. The van der Waals surface area contributed by atoms with Gasteiger partial charge < -0.3 is 0 Å². The first-order chi connectivity index (χ1) is 7.29. The fraction of sp³-hybridized carbons (Fsp3) is 0.182. The second-order valence-corrected chi connectivity index (χ2v) is 2.31. The monoisotopic (exact) mass is 303 g/mol. The summed E-state index contributed by atoms with van der Waals surface area (Å²) in [5, 5.41) is 0. The van der Waals surface area contributed by atoms with Crippen LogP contribution in [0.5, 0.6) is 0 Å². The van der Waals surface area contributed by atoms with Crippen LogP contribution in [0.15, 0.2) is 24.3 Å². The van der Waals surface area contributed by atoms with Crippen molar-refractivity contribution >= 4 is 6.21 Å². The summed E-state index contributed by atoms with van der Waals surface area (Å²) in [6.07, 6.45) is 2.08. The minimum atomic E-state index is 0. The van der Waals surface area contributed by atoms with Crippen LogP contribution in [0.2, 0.25) is 0 Å². The molecule has 0 radical (unpaired) electrons. The molecule has 4 nitrogen and oxygen atoms in total. The van der Waals surface area contributed by atoms with E-state index in [2.05, 4.69) is 38.3 Å². The van der Waals surface area contributed by atoms with Gasteiger partial charge in [-0.1, -0.05) is 5.56 Å². The quantitative estimate of drug-likeness (QED) is 0.244. The van der Waals surface area contributed by atoms with Gasteiger partial charge >= 0.3 is 33.9 Å². The predicted molar refractivity (Wildman–Crippen MR) is 51.1 cm³/mol. The van der Waals surface area contributed by atoms with E-state index in [1.807, 2.05) is 30.8 Å². The minimum Gasteiger partial charge on any atom is 0 e. The normalized spacial score (nSPS) is 5.50. The first-order valence-electron chi connectivity index (χ1n) is 3.63. The second kappa shape index (κ2) is 23.6. The first kappa shape index (κ1) is 24.2. The maximum Gasteiger partial charge on any atom is 0 e. The third-order valence-corrected chi connectivity index (χ3v) is 1.10. The maximum atomic E-state index is 7.50. The van der Waals surface area contributed by atoms with Gasteiger partial charge in [0.15, 0.2) is 0 Å². The van der Waals surface area contributed by atoms with Crippen molar-refractivity contribution in [2.24, 2.45) is 0 Å². The summed E-state index contributed by atoms with van der Waals surface area (Å²) in [4.78, 5) is 0. The molecule has 0 spiro atoms. The second-order valence-electron chi connectivity index (χ2n) is 2.31. The Morgan fingerprint density at radius 2 is 1.25 bits per heavy atom. The van der Waals surface area contributed by atoms with E-state index in [4.69, 9.17) is 14.0 Å². The minimum absolute atomic E-state index is 0. The van der Waals surface area contributed by atoms with Gasteiger partial charge in [0.05, 0.1) is 0 Å². The fourth-order valence-corrected chi connectivity index (χ4v) is 0.773. The molecule has 0 saturated carbocycles.